The van der Waals surface area contributed by atoms with E-state index >= 15 is 0 Å². The van der Waals surface area contributed by atoms with Crippen LogP contribution in [0.5, 0.6) is 5.95 Å². The van der Waals surface area contributed by atoms with Crippen molar-refractivity contribution in [3.63, 3.8) is 0 Å². The van der Waals surface area contributed by atoms with Gasteiger partial charge in [0, 0.05) is 11.6 Å². The number of esters is 1. The van der Waals surface area contributed by atoms with Gasteiger partial charge in [0.15, 0.2) is 0 Å². The number of hydrogen-bond donors (Lipinski definition) is 0. The highest BCUT2D eigenvalue weighted by atomic mass is 16.6. The van der Waals surface area contributed by atoms with Gasteiger partial charge in [0.2, 0.25) is 0 Å². The first-order valence-corrected chi connectivity index (χ1v) is 6.25. The summed E-state index contributed by atoms with van der Waals surface area (Å²) in [5.74, 6) is 0.365. The Labute approximate surface area is 111 Å². The Morgan fingerprint density at radius 1 is 1.16 bits per heavy atom. The van der Waals surface area contributed by atoms with E-state index in [1.165, 1.54) is 0 Å². The Morgan fingerprint density at radius 3 is 2.53 bits per heavy atom. The quantitative estimate of drug-likeness (QED) is 0.772. The molecule has 0 aliphatic heterocycles. The summed E-state index contributed by atoms with van der Waals surface area (Å²) in [4.78, 5) is 11.8. The lowest BCUT2D eigenvalue weighted by Crippen LogP contribution is -2.05. The highest BCUT2D eigenvalue weighted by molar-refractivity contribution is 5.93. The largest absolute Gasteiger partial charge is 0.465 e. The third-order valence-corrected chi connectivity index (χ3v) is 2.53. The number of ether oxygens (including phenoxy) is 2. The standard InChI is InChI=1S/C15H16O4/c1-3-17-14(16)12-10-13(19-15(12)18-4-2)11-8-6-5-7-9-11/h5-10H,3-4H2,1-2H3. The number of carbonyl (C=O) groups excluding carboxylic acids is 1. The van der Waals surface area contributed by atoms with Crippen LogP contribution in [0.3, 0.4) is 0 Å². The molecule has 0 unspecified atom stereocenters. The molecule has 1 heterocycles. The van der Waals surface area contributed by atoms with Gasteiger partial charge in [-0.3, -0.25) is 0 Å². The van der Waals surface area contributed by atoms with Crippen molar-refractivity contribution in [1.29, 1.82) is 0 Å². The second-order valence-corrected chi connectivity index (χ2v) is 3.83. The molecular formula is C15H16O4. The SMILES string of the molecule is CCOC(=O)c1cc(-c2ccccc2)oc1OCC. The monoisotopic (exact) mass is 260 g/mol. The van der Waals surface area contributed by atoms with Gasteiger partial charge in [-0.2, -0.15) is 0 Å². The van der Waals surface area contributed by atoms with Crippen LogP contribution in [0.25, 0.3) is 11.3 Å². The molecule has 4 nitrogen and oxygen atoms in total. The zero-order valence-corrected chi connectivity index (χ0v) is 11.0. The lowest BCUT2D eigenvalue weighted by atomic mass is 10.1. The second kappa shape index (κ2) is 6.09. The molecule has 19 heavy (non-hydrogen) atoms. The molecule has 1 aromatic heterocycles. The molecule has 0 radical (unpaired) electrons. The van der Waals surface area contributed by atoms with Crippen LogP contribution in [0.1, 0.15) is 24.2 Å². The number of carbonyl (C=O) groups is 1. The molecule has 0 spiro atoms. The number of hydrogen-bond acceptors (Lipinski definition) is 4. The summed E-state index contributed by atoms with van der Waals surface area (Å²) < 4.78 is 15.9. The lowest BCUT2D eigenvalue weighted by Gasteiger charge is -2.02. The maximum Gasteiger partial charge on any atom is 0.345 e. The minimum atomic E-state index is -0.433. The van der Waals surface area contributed by atoms with Gasteiger partial charge in [0.25, 0.3) is 5.95 Å². The topological polar surface area (TPSA) is 48.7 Å². The Morgan fingerprint density at radius 2 is 1.89 bits per heavy atom. The Hall–Kier alpha value is -2.23. The van der Waals surface area contributed by atoms with Crippen molar-refractivity contribution in [3.8, 4) is 17.3 Å². The normalized spacial score (nSPS) is 10.2. The zero-order valence-electron chi connectivity index (χ0n) is 11.0. The average molecular weight is 260 g/mol. The molecule has 0 atom stereocenters. The van der Waals surface area contributed by atoms with Gasteiger partial charge >= 0.3 is 5.97 Å². The molecule has 0 aliphatic carbocycles. The van der Waals surface area contributed by atoms with E-state index < -0.39 is 5.97 Å². The van der Waals surface area contributed by atoms with Crippen LogP contribution in [-0.4, -0.2) is 19.2 Å². The van der Waals surface area contributed by atoms with Crippen LogP contribution in [-0.2, 0) is 4.74 Å². The third-order valence-electron chi connectivity index (χ3n) is 2.53. The van der Waals surface area contributed by atoms with Gasteiger partial charge in [-0.1, -0.05) is 30.3 Å². The molecule has 100 valence electrons. The first kappa shape index (κ1) is 13.2. The van der Waals surface area contributed by atoms with Crippen molar-refractivity contribution in [2.75, 3.05) is 13.2 Å². The molecule has 0 saturated carbocycles. The highest BCUT2D eigenvalue weighted by Gasteiger charge is 2.21. The number of rotatable bonds is 5. The van der Waals surface area contributed by atoms with E-state index in [4.69, 9.17) is 13.9 Å². The van der Waals surface area contributed by atoms with Gasteiger partial charge in [0.05, 0.1) is 13.2 Å². The van der Waals surface area contributed by atoms with Crippen LogP contribution < -0.4 is 4.74 Å². The maximum absolute atomic E-state index is 11.8. The van der Waals surface area contributed by atoms with E-state index in [1.54, 1.807) is 13.0 Å². The van der Waals surface area contributed by atoms with Gasteiger partial charge in [0.1, 0.15) is 11.3 Å². The first-order chi connectivity index (χ1) is 9.26. The van der Waals surface area contributed by atoms with Crippen molar-refractivity contribution in [2.45, 2.75) is 13.8 Å². The summed E-state index contributed by atoms with van der Waals surface area (Å²) in [6.45, 7) is 4.33. The van der Waals surface area contributed by atoms with Crippen molar-refractivity contribution >= 4 is 5.97 Å². The molecule has 0 amide bonds. The summed E-state index contributed by atoms with van der Waals surface area (Å²) in [6.07, 6.45) is 0. The molecule has 0 bridgehead atoms. The molecule has 1 aromatic carbocycles. The van der Waals surface area contributed by atoms with E-state index in [0.29, 0.717) is 24.5 Å². The minimum Gasteiger partial charge on any atom is -0.465 e. The summed E-state index contributed by atoms with van der Waals surface area (Å²) in [7, 11) is 0. The molecule has 0 aliphatic rings. The molecule has 2 rings (SSSR count). The maximum atomic E-state index is 11.8. The Bertz CT molecular complexity index is 543. The fourth-order valence-electron chi connectivity index (χ4n) is 1.71. The van der Waals surface area contributed by atoms with Crippen molar-refractivity contribution in [1.82, 2.24) is 0 Å². The summed E-state index contributed by atoms with van der Waals surface area (Å²) in [6, 6.07) is 11.2. The molecule has 0 N–H and O–H groups in total. The van der Waals surface area contributed by atoms with Crippen LogP contribution >= 0.6 is 0 Å². The van der Waals surface area contributed by atoms with E-state index in [2.05, 4.69) is 0 Å². The zero-order chi connectivity index (χ0) is 13.7. The fourth-order valence-corrected chi connectivity index (χ4v) is 1.71. The summed E-state index contributed by atoms with van der Waals surface area (Å²) >= 11 is 0. The summed E-state index contributed by atoms with van der Waals surface area (Å²) in [5.41, 5.74) is 1.21. The van der Waals surface area contributed by atoms with E-state index in [-0.39, 0.29) is 5.95 Å². The third kappa shape index (κ3) is 2.96. The minimum absolute atomic E-state index is 0.208. The van der Waals surface area contributed by atoms with Crippen LogP contribution in [0.15, 0.2) is 40.8 Å². The van der Waals surface area contributed by atoms with Gasteiger partial charge in [-0.25, -0.2) is 4.79 Å². The van der Waals surface area contributed by atoms with E-state index in [1.807, 2.05) is 37.3 Å². The van der Waals surface area contributed by atoms with Crippen molar-refractivity contribution < 1.29 is 18.7 Å². The predicted octanol–water partition coefficient (Wildman–Crippen LogP) is 3.52. The van der Waals surface area contributed by atoms with Crippen molar-refractivity contribution in [3.05, 3.63) is 42.0 Å². The first-order valence-electron chi connectivity index (χ1n) is 6.25. The van der Waals surface area contributed by atoms with Gasteiger partial charge < -0.3 is 13.9 Å². The number of furan rings is 1. The smallest absolute Gasteiger partial charge is 0.345 e. The van der Waals surface area contributed by atoms with Crippen LogP contribution in [0, 0.1) is 0 Å². The van der Waals surface area contributed by atoms with Gasteiger partial charge in [-0.05, 0) is 13.8 Å². The molecule has 4 heteroatoms. The fraction of sp³-hybridized carbons (Fsp3) is 0.267. The van der Waals surface area contributed by atoms with Crippen LogP contribution in [0.4, 0.5) is 0 Å². The Kier molecular flexibility index (Phi) is 4.23. The predicted molar refractivity (Wildman–Crippen MR) is 71.3 cm³/mol. The average Bonchev–Trinajstić information content (AvgIpc) is 2.85. The highest BCUT2D eigenvalue weighted by Crippen LogP contribution is 2.31. The second-order valence-electron chi connectivity index (χ2n) is 3.83. The molecule has 0 saturated heterocycles. The van der Waals surface area contributed by atoms with Crippen LogP contribution in [0.2, 0.25) is 0 Å². The van der Waals surface area contributed by atoms with Crippen molar-refractivity contribution in [2.24, 2.45) is 0 Å². The molecule has 0 fully saturated rings. The summed E-state index contributed by atoms with van der Waals surface area (Å²) in [5, 5.41) is 0. The molecular weight excluding hydrogens is 244 g/mol. The lowest BCUT2D eigenvalue weighted by molar-refractivity contribution is 0.0519. The van der Waals surface area contributed by atoms with E-state index in [9.17, 15) is 4.79 Å². The van der Waals surface area contributed by atoms with Gasteiger partial charge in [-0.15, -0.1) is 0 Å². The number of benzene rings is 1. The van der Waals surface area contributed by atoms with E-state index in [0.717, 1.165) is 5.56 Å². The Balaban J connectivity index is 2.37. The molecule has 2 aromatic rings.